The van der Waals surface area contributed by atoms with E-state index < -0.39 is 0 Å². The largest absolute Gasteiger partial charge is 0.370 e. The maximum atomic E-state index is 4.51. The Morgan fingerprint density at radius 2 is 2.05 bits per heavy atom. The van der Waals surface area contributed by atoms with E-state index >= 15 is 0 Å². The van der Waals surface area contributed by atoms with Crippen LogP contribution < -0.4 is 10.2 Å². The molecule has 114 valence electrons. The van der Waals surface area contributed by atoms with E-state index in [1.807, 2.05) is 5.51 Å². The van der Waals surface area contributed by atoms with Crippen molar-refractivity contribution in [3.8, 4) is 0 Å². The Labute approximate surface area is 130 Å². The van der Waals surface area contributed by atoms with Gasteiger partial charge < -0.3 is 10.2 Å². The Morgan fingerprint density at radius 1 is 1.24 bits per heavy atom. The predicted molar refractivity (Wildman–Crippen MR) is 89.1 cm³/mol. The van der Waals surface area contributed by atoms with Crippen LogP contribution in [0.5, 0.6) is 0 Å². The molecule has 2 aromatic rings. The van der Waals surface area contributed by atoms with Crippen LogP contribution in [0.1, 0.15) is 36.4 Å². The van der Waals surface area contributed by atoms with E-state index in [0.29, 0.717) is 0 Å². The SMILES string of the molecule is CCCc1c(NCC)ncnc1N(C)Cc1scnc1C. The average molecular weight is 305 g/mol. The lowest BCUT2D eigenvalue weighted by Crippen LogP contribution is -2.20. The lowest BCUT2D eigenvalue weighted by Gasteiger charge is -2.22. The summed E-state index contributed by atoms with van der Waals surface area (Å²) in [7, 11) is 2.08. The molecule has 0 atom stereocenters. The van der Waals surface area contributed by atoms with Gasteiger partial charge in [0.25, 0.3) is 0 Å². The average Bonchev–Trinajstić information content (AvgIpc) is 2.86. The molecule has 1 N–H and O–H groups in total. The van der Waals surface area contributed by atoms with E-state index in [4.69, 9.17) is 0 Å². The minimum atomic E-state index is 0.829. The van der Waals surface area contributed by atoms with E-state index in [2.05, 4.69) is 53.0 Å². The fourth-order valence-electron chi connectivity index (χ4n) is 2.30. The molecule has 5 nitrogen and oxygen atoms in total. The highest BCUT2D eigenvalue weighted by molar-refractivity contribution is 7.09. The first-order chi connectivity index (χ1) is 10.2. The summed E-state index contributed by atoms with van der Waals surface area (Å²) in [5.74, 6) is 1.97. The van der Waals surface area contributed by atoms with Gasteiger partial charge in [0.1, 0.15) is 18.0 Å². The van der Waals surface area contributed by atoms with Gasteiger partial charge >= 0.3 is 0 Å². The standard InChI is InChI=1S/C15H23N5S/c1-5-7-12-14(16-6-2)17-9-18-15(12)20(4)8-13-11(3)19-10-21-13/h9-10H,5-8H2,1-4H3,(H,16,17,18). The number of aryl methyl sites for hydroxylation is 1. The molecule has 21 heavy (non-hydrogen) atoms. The topological polar surface area (TPSA) is 53.9 Å². The molecule has 0 aliphatic carbocycles. The van der Waals surface area contributed by atoms with E-state index in [-0.39, 0.29) is 0 Å². The first-order valence-corrected chi connectivity index (χ1v) is 8.23. The molecule has 0 spiro atoms. The van der Waals surface area contributed by atoms with Crippen LogP contribution in [0.25, 0.3) is 0 Å². The maximum Gasteiger partial charge on any atom is 0.137 e. The Kier molecular flexibility index (Phi) is 5.50. The summed E-state index contributed by atoms with van der Waals surface area (Å²) in [5, 5.41) is 3.34. The van der Waals surface area contributed by atoms with Crippen molar-refractivity contribution in [2.24, 2.45) is 0 Å². The summed E-state index contributed by atoms with van der Waals surface area (Å²) in [6, 6.07) is 0. The molecule has 0 aliphatic heterocycles. The molecule has 0 amide bonds. The molecule has 6 heteroatoms. The number of rotatable bonds is 7. The van der Waals surface area contributed by atoms with Gasteiger partial charge in [-0.1, -0.05) is 13.3 Å². The minimum absolute atomic E-state index is 0.829. The Bertz CT molecular complexity index is 581. The number of anilines is 2. The third-order valence-electron chi connectivity index (χ3n) is 3.35. The molecule has 2 aromatic heterocycles. The third kappa shape index (κ3) is 3.69. The van der Waals surface area contributed by atoms with Crippen LogP contribution in [-0.4, -0.2) is 28.5 Å². The quantitative estimate of drug-likeness (QED) is 0.851. The smallest absolute Gasteiger partial charge is 0.137 e. The van der Waals surface area contributed by atoms with Crippen molar-refractivity contribution in [2.45, 2.75) is 40.2 Å². The van der Waals surface area contributed by atoms with E-state index in [9.17, 15) is 0 Å². The van der Waals surface area contributed by atoms with Gasteiger partial charge in [-0.3, -0.25) is 0 Å². The molecule has 2 rings (SSSR count). The molecule has 0 unspecified atom stereocenters. The van der Waals surface area contributed by atoms with Crippen molar-refractivity contribution >= 4 is 23.0 Å². The second kappa shape index (κ2) is 7.36. The van der Waals surface area contributed by atoms with Gasteiger partial charge in [0, 0.05) is 24.0 Å². The second-order valence-corrected chi connectivity index (χ2v) is 5.96. The summed E-state index contributed by atoms with van der Waals surface area (Å²) in [6.45, 7) is 8.01. The maximum absolute atomic E-state index is 4.51. The van der Waals surface area contributed by atoms with E-state index in [0.717, 1.165) is 43.3 Å². The Hall–Kier alpha value is -1.69. The molecular weight excluding hydrogens is 282 g/mol. The van der Waals surface area contributed by atoms with Gasteiger partial charge in [-0.25, -0.2) is 15.0 Å². The van der Waals surface area contributed by atoms with Crippen LogP contribution in [0, 0.1) is 6.92 Å². The first kappa shape index (κ1) is 15.7. The molecule has 0 aliphatic rings. The van der Waals surface area contributed by atoms with Crippen LogP contribution in [0.3, 0.4) is 0 Å². The zero-order chi connectivity index (χ0) is 15.2. The monoisotopic (exact) mass is 305 g/mol. The van der Waals surface area contributed by atoms with Crippen LogP contribution >= 0.6 is 11.3 Å². The van der Waals surface area contributed by atoms with Crippen LogP contribution in [0.15, 0.2) is 11.8 Å². The number of aromatic nitrogens is 3. The van der Waals surface area contributed by atoms with Crippen molar-refractivity contribution in [1.82, 2.24) is 15.0 Å². The van der Waals surface area contributed by atoms with Gasteiger partial charge in [0.15, 0.2) is 0 Å². The zero-order valence-corrected chi connectivity index (χ0v) is 14.0. The van der Waals surface area contributed by atoms with Gasteiger partial charge in [0.2, 0.25) is 0 Å². The Morgan fingerprint density at radius 3 is 2.67 bits per heavy atom. The minimum Gasteiger partial charge on any atom is -0.370 e. The molecule has 0 bridgehead atoms. The fraction of sp³-hybridized carbons (Fsp3) is 0.533. The van der Waals surface area contributed by atoms with Gasteiger partial charge in [-0.05, 0) is 20.3 Å². The van der Waals surface area contributed by atoms with E-state index in [1.165, 1.54) is 10.4 Å². The predicted octanol–water partition coefficient (Wildman–Crippen LogP) is 3.26. The lowest BCUT2D eigenvalue weighted by molar-refractivity contribution is 0.844. The van der Waals surface area contributed by atoms with Crippen molar-refractivity contribution in [3.63, 3.8) is 0 Å². The summed E-state index contributed by atoms with van der Waals surface area (Å²) < 4.78 is 0. The summed E-state index contributed by atoms with van der Waals surface area (Å²) in [6.07, 6.45) is 3.69. The van der Waals surface area contributed by atoms with Gasteiger partial charge in [-0.15, -0.1) is 11.3 Å². The van der Waals surface area contributed by atoms with Crippen LogP contribution in [0.2, 0.25) is 0 Å². The first-order valence-electron chi connectivity index (χ1n) is 7.35. The van der Waals surface area contributed by atoms with Crippen molar-refractivity contribution in [1.29, 1.82) is 0 Å². The van der Waals surface area contributed by atoms with Gasteiger partial charge in [0.05, 0.1) is 17.7 Å². The summed E-state index contributed by atoms with van der Waals surface area (Å²) >= 11 is 1.69. The van der Waals surface area contributed by atoms with Crippen LogP contribution in [-0.2, 0) is 13.0 Å². The van der Waals surface area contributed by atoms with E-state index in [1.54, 1.807) is 17.7 Å². The Balaban J connectivity index is 2.28. The lowest BCUT2D eigenvalue weighted by atomic mass is 10.1. The molecular formula is C15H23N5S. The molecule has 0 aromatic carbocycles. The highest BCUT2D eigenvalue weighted by Crippen LogP contribution is 2.26. The number of thiazole rings is 1. The second-order valence-electron chi connectivity index (χ2n) is 5.02. The summed E-state index contributed by atoms with van der Waals surface area (Å²) in [4.78, 5) is 16.7. The molecule has 0 fully saturated rings. The molecule has 2 heterocycles. The van der Waals surface area contributed by atoms with Crippen molar-refractivity contribution < 1.29 is 0 Å². The fourth-order valence-corrected chi connectivity index (χ4v) is 3.13. The summed E-state index contributed by atoms with van der Waals surface area (Å²) in [5.41, 5.74) is 4.20. The number of nitrogens with zero attached hydrogens (tertiary/aromatic N) is 4. The third-order valence-corrected chi connectivity index (χ3v) is 4.27. The number of hydrogen-bond donors (Lipinski definition) is 1. The van der Waals surface area contributed by atoms with Gasteiger partial charge in [-0.2, -0.15) is 0 Å². The highest BCUT2D eigenvalue weighted by Gasteiger charge is 2.15. The highest BCUT2D eigenvalue weighted by atomic mass is 32.1. The number of hydrogen-bond acceptors (Lipinski definition) is 6. The zero-order valence-electron chi connectivity index (χ0n) is 13.2. The number of nitrogens with one attached hydrogen (secondary N) is 1. The van der Waals surface area contributed by atoms with Crippen molar-refractivity contribution in [2.75, 3.05) is 23.8 Å². The molecule has 0 saturated carbocycles. The normalized spacial score (nSPS) is 10.7. The van der Waals surface area contributed by atoms with Crippen molar-refractivity contribution in [3.05, 3.63) is 28.0 Å². The van der Waals surface area contributed by atoms with Crippen LogP contribution in [0.4, 0.5) is 11.6 Å². The molecule has 0 saturated heterocycles. The molecule has 0 radical (unpaired) electrons.